The summed E-state index contributed by atoms with van der Waals surface area (Å²) < 4.78 is 79.3. The Morgan fingerprint density at radius 1 is 1.02 bits per heavy atom. The van der Waals surface area contributed by atoms with Crippen molar-refractivity contribution in [2.75, 3.05) is 13.1 Å². The molecule has 3 aliphatic rings. The molecule has 0 saturated carbocycles. The number of amides is 3. The Morgan fingerprint density at radius 3 is 2.46 bits per heavy atom. The van der Waals surface area contributed by atoms with Crippen molar-refractivity contribution in [3.8, 4) is 0 Å². The highest BCUT2D eigenvalue weighted by atomic mass is 32.1. The molecular formula is C28H27F5N5O6PS. The molecule has 246 valence electrons. The molecule has 11 nitrogen and oxygen atoms in total. The zero-order chi connectivity index (χ0) is 33.2. The van der Waals surface area contributed by atoms with Gasteiger partial charge < -0.3 is 24.9 Å². The van der Waals surface area contributed by atoms with Gasteiger partial charge in [0.25, 0.3) is 5.91 Å². The third kappa shape index (κ3) is 5.89. The second-order valence-corrected chi connectivity index (χ2v) is 14.4. The Hall–Kier alpha value is -3.53. The van der Waals surface area contributed by atoms with Crippen molar-refractivity contribution in [2.24, 2.45) is 0 Å². The van der Waals surface area contributed by atoms with Gasteiger partial charge in [0.05, 0.1) is 10.8 Å². The molecule has 3 N–H and O–H groups in total. The number of benzene rings is 1. The molecular weight excluding hydrogens is 660 g/mol. The van der Waals surface area contributed by atoms with Gasteiger partial charge in [-0.15, -0.1) is 11.3 Å². The number of rotatable bonds is 6. The summed E-state index contributed by atoms with van der Waals surface area (Å²) >= 11 is 0.958. The number of thiophene rings is 1. The van der Waals surface area contributed by atoms with Crippen LogP contribution in [0.1, 0.15) is 64.8 Å². The van der Waals surface area contributed by atoms with Crippen molar-refractivity contribution in [3.05, 3.63) is 58.5 Å². The summed E-state index contributed by atoms with van der Waals surface area (Å²) in [7, 11) is -5.79. The van der Waals surface area contributed by atoms with E-state index in [-0.39, 0.29) is 41.1 Å². The molecule has 0 aliphatic carbocycles. The van der Waals surface area contributed by atoms with Crippen molar-refractivity contribution in [3.63, 3.8) is 0 Å². The summed E-state index contributed by atoms with van der Waals surface area (Å²) in [5, 5.41) is 2.87. The van der Waals surface area contributed by atoms with Crippen molar-refractivity contribution in [1.29, 1.82) is 0 Å². The molecule has 6 rings (SSSR count). The average molecular weight is 688 g/mol. The van der Waals surface area contributed by atoms with E-state index in [0.29, 0.717) is 36.8 Å². The topological polar surface area (TPSA) is 153 Å². The predicted molar refractivity (Wildman–Crippen MR) is 153 cm³/mol. The van der Waals surface area contributed by atoms with Gasteiger partial charge in [-0.2, -0.15) is 22.0 Å². The maximum absolute atomic E-state index is 14.2. The van der Waals surface area contributed by atoms with E-state index in [2.05, 4.69) is 15.3 Å². The second kappa shape index (κ2) is 11.6. The first-order valence-corrected chi connectivity index (χ1v) is 16.8. The predicted octanol–water partition coefficient (Wildman–Crippen LogP) is 4.21. The summed E-state index contributed by atoms with van der Waals surface area (Å²) in [4.78, 5) is 69.1. The molecule has 0 bridgehead atoms. The van der Waals surface area contributed by atoms with Gasteiger partial charge >= 0.3 is 19.4 Å². The SMILES string of the molecule is O=C(N[C@H]1CCC[C@H]2CC[C@@H](C(=O)N3CC(c4nccc(C(F)(F)F)n4)C3)N2C1=O)c1cc2cc(C(F)(F)P(=O)(O)O)ccc2s1. The van der Waals surface area contributed by atoms with Crippen LogP contribution in [0.5, 0.6) is 0 Å². The van der Waals surface area contributed by atoms with Crippen LogP contribution in [0.25, 0.3) is 10.1 Å². The Bertz CT molecular complexity index is 1760. The number of aromatic nitrogens is 2. The van der Waals surface area contributed by atoms with E-state index in [9.17, 15) is 40.9 Å². The molecule has 0 spiro atoms. The van der Waals surface area contributed by atoms with E-state index in [4.69, 9.17) is 9.79 Å². The highest BCUT2D eigenvalue weighted by Gasteiger charge is 2.51. The summed E-state index contributed by atoms with van der Waals surface area (Å²) in [6, 6.07) is 3.12. The van der Waals surface area contributed by atoms with E-state index < -0.39 is 60.5 Å². The number of hydrogen-bond donors (Lipinski definition) is 3. The molecule has 3 atom stereocenters. The van der Waals surface area contributed by atoms with Crippen LogP contribution in [0.2, 0.25) is 0 Å². The van der Waals surface area contributed by atoms with Crippen molar-refractivity contribution in [2.45, 2.75) is 68.0 Å². The molecule has 5 heterocycles. The average Bonchev–Trinajstić information content (AvgIpc) is 3.55. The van der Waals surface area contributed by atoms with Gasteiger partial charge in [0.1, 0.15) is 23.6 Å². The summed E-state index contributed by atoms with van der Waals surface area (Å²) in [6.45, 7) is 0.217. The Labute approximate surface area is 262 Å². The molecule has 46 heavy (non-hydrogen) atoms. The lowest BCUT2D eigenvalue weighted by molar-refractivity contribution is -0.149. The molecule has 3 fully saturated rings. The van der Waals surface area contributed by atoms with Crippen molar-refractivity contribution >= 4 is 46.7 Å². The monoisotopic (exact) mass is 687 g/mol. The lowest BCUT2D eigenvalue weighted by Crippen LogP contribution is -2.58. The summed E-state index contributed by atoms with van der Waals surface area (Å²) in [5.41, 5.74) is -6.38. The van der Waals surface area contributed by atoms with Crippen LogP contribution in [-0.4, -0.2) is 78.5 Å². The van der Waals surface area contributed by atoms with Gasteiger partial charge in [0.2, 0.25) is 11.8 Å². The number of carbonyl (C=O) groups excluding carboxylic acids is 3. The highest BCUT2D eigenvalue weighted by Crippen LogP contribution is 2.59. The van der Waals surface area contributed by atoms with Gasteiger partial charge in [-0.1, -0.05) is 6.07 Å². The van der Waals surface area contributed by atoms with Crippen LogP contribution >= 0.6 is 18.9 Å². The molecule has 3 saturated heterocycles. The second-order valence-electron chi connectivity index (χ2n) is 11.6. The minimum absolute atomic E-state index is 0.00948. The number of fused-ring (bicyclic) bond motifs is 2. The highest BCUT2D eigenvalue weighted by molar-refractivity contribution is 7.52. The molecule has 0 radical (unpaired) electrons. The Kier molecular flexibility index (Phi) is 8.18. The fraction of sp³-hybridized carbons (Fsp3) is 0.464. The first kappa shape index (κ1) is 32.4. The fourth-order valence-corrected chi connectivity index (χ4v) is 7.66. The summed E-state index contributed by atoms with van der Waals surface area (Å²) in [6.07, 6.45) is -1.11. The normalized spacial score (nSPS) is 22.8. The van der Waals surface area contributed by atoms with Crippen LogP contribution in [0.3, 0.4) is 0 Å². The van der Waals surface area contributed by atoms with Crippen LogP contribution < -0.4 is 5.32 Å². The number of likely N-dealkylation sites (tertiary alicyclic amines) is 1. The minimum atomic E-state index is -5.79. The largest absolute Gasteiger partial charge is 0.433 e. The van der Waals surface area contributed by atoms with Crippen LogP contribution in [0, 0.1) is 0 Å². The van der Waals surface area contributed by atoms with Gasteiger partial charge in [0.15, 0.2) is 0 Å². The zero-order valence-electron chi connectivity index (χ0n) is 23.8. The number of carbonyl (C=O) groups is 3. The maximum Gasteiger partial charge on any atom is 0.433 e. The van der Waals surface area contributed by atoms with Crippen molar-refractivity contribution < 1.29 is 50.7 Å². The van der Waals surface area contributed by atoms with E-state index in [1.165, 1.54) is 21.9 Å². The number of alkyl halides is 5. The van der Waals surface area contributed by atoms with E-state index in [0.717, 1.165) is 35.7 Å². The third-order valence-corrected chi connectivity index (χ3v) is 10.8. The zero-order valence-corrected chi connectivity index (χ0v) is 25.5. The number of nitrogens with one attached hydrogen (secondary N) is 1. The first-order chi connectivity index (χ1) is 21.5. The van der Waals surface area contributed by atoms with Crippen LogP contribution in [0.15, 0.2) is 36.5 Å². The lowest BCUT2D eigenvalue weighted by Gasteiger charge is -2.41. The van der Waals surface area contributed by atoms with Crippen LogP contribution in [0.4, 0.5) is 22.0 Å². The van der Waals surface area contributed by atoms with Gasteiger partial charge in [-0.3, -0.25) is 18.9 Å². The molecule has 3 aliphatic heterocycles. The number of nitrogens with zero attached hydrogens (tertiary/aromatic N) is 4. The molecule has 0 unspecified atom stereocenters. The molecule has 3 aromatic rings. The molecule has 18 heteroatoms. The van der Waals surface area contributed by atoms with E-state index >= 15 is 0 Å². The Morgan fingerprint density at radius 2 is 1.76 bits per heavy atom. The Balaban J connectivity index is 1.13. The molecule has 3 amide bonds. The third-order valence-electron chi connectivity index (χ3n) is 8.65. The number of halogens is 5. The van der Waals surface area contributed by atoms with E-state index in [1.54, 1.807) is 0 Å². The molecule has 2 aromatic heterocycles. The standard InChI is InChI=1S/C28H27F5N5O6PS/c29-27(30,31)22-8-9-34-23(36-22)15-12-37(13-15)26(41)19-6-5-17-2-1-3-18(25(40)38(17)19)35-24(39)21-11-14-10-16(4-7-20(14)46-21)28(32,33)45(42,43)44/h4,7-11,15,17-19H,1-3,5-6,12-13H2,(H,35,39)(H2,42,43,44)/t17-,18-,19-/m0/s1. The fourth-order valence-electron chi connectivity index (χ4n) is 6.24. The van der Waals surface area contributed by atoms with E-state index in [1.807, 2.05) is 0 Å². The van der Waals surface area contributed by atoms with Gasteiger partial charge in [0, 0.05) is 35.6 Å². The molecule has 1 aromatic carbocycles. The maximum atomic E-state index is 14.2. The van der Waals surface area contributed by atoms with Crippen LogP contribution in [-0.2, 0) is 26.0 Å². The quantitative estimate of drug-likeness (QED) is 0.258. The lowest BCUT2D eigenvalue weighted by atomic mass is 9.97. The smallest absolute Gasteiger partial charge is 0.340 e. The van der Waals surface area contributed by atoms with Crippen molar-refractivity contribution in [1.82, 2.24) is 25.1 Å². The number of hydrogen-bond acceptors (Lipinski definition) is 7. The van der Waals surface area contributed by atoms with Gasteiger partial charge in [-0.05, 0) is 61.8 Å². The summed E-state index contributed by atoms with van der Waals surface area (Å²) in [5.74, 6) is -1.90. The van der Waals surface area contributed by atoms with Gasteiger partial charge in [-0.25, -0.2) is 9.97 Å². The first-order valence-electron chi connectivity index (χ1n) is 14.3. The minimum Gasteiger partial charge on any atom is -0.340 e.